The van der Waals surface area contributed by atoms with E-state index in [1.54, 1.807) is 0 Å². The van der Waals surface area contributed by atoms with Gasteiger partial charge in [0.05, 0.1) is 11.0 Å². The van der Waals surface area contributed by atoms with Crippen LogP contribution in [-0.2, 0) is 20.4 Å². The van der Waals surface area contributed by atoms with Gasteiger partial charge in [-0.25, -0.2) is 4.98 Å². The molecule has 0 aliphatic carbocycles. The molecule has 9 aromatic carbocycles. The van der Waals surface area contributed by atoms with Crippen LogP contribution in [0.2, 0.25) is 0 Å². The molecule has 4 heterocycles. The molecule has 0 fully saturated rings. The molecule has 0 amide bonds. The second-order valence-corrected chi connectivity index (χ2v) is 18.2. The molecular weight excluding hydrogens is 973 g/mol. The number of anilines is 4. The van der Waals surface area contributed by atoms with Gasteiger partial charge in [0.25, 0.3) is 0 Å². The zero-order valence-corrected chi connectivity index (χ0v) is 41.1. The molecule has 0 bridgehead atoms. The molecule has 0 saturated heterocycles. The molecule has 7 heteroatoms. The van der Waals surface area contributed by atoms with Crippen molar-refractivity contribution in [2.75, 3.05) is 9.80 Å². The average molecular weight is 1020 g/mol. The number of ether oxygens (including phenoxy) is 1. The molecule has 72 heavy (non-hydrogen) atoms. The molecule has 0 spiro atoms. The molecule has 3 aromatic heterocycles. The summed E-state index contributed by atoms with van der Waals surface area (Å²) in [4.78, 5) is 9.78. The van der Waals surface area contributed by atoms with Crippen molar-refractivity contribution in [3.8, 4) is 56.4 Å². The molecule has 1 aliphatic heterocycles. The SMILES string of the molecule is CC(C)c1cc(-n2c3[c-]c(Oc4[c-]c(N5[CH-]N(c6c(-c7ccccc7)cccc6-c6ccccc6)c6ccccc65)ccc4)ccc3c3c2c2ccccc2n3-c2ccccc2)ncc1-c1ccccc1.[Pd]. The Morgan fingerprint density at radius 3 is 1.71 bits per heavy atom. The fourth-order valence-electron chi connectivity index (χ4n) is 10.4. The number of aromatic nitrogens is 3. The fraction of sp³-hybridized carbons (Fsp3) is 0.0462. The summed E-state index contributed by atoms with van der Waals surface area (Å²) >= 11 is 0. The van der Waals surface area contributed by atoms with Crippen LogP contribution in [0.3, 0.4) is 0 Å². The van der Waals surface area contributed by atoms with Gasteiger partial charge in [0.1, 0.15) is 5.82 Å². The van der Waals surface area contributed by atoms with Crippen molar-refractivity contribution in [1.29, 1.82) is 0 Å². The molecular formula is C65H46N5OPd-3. The Kier molecular flexibility index (Phi) is 11.6. The quantitative estimate of drug-likeness (QED) is 0.101. The molecule has 12 aromatic rings. The van der Waals surface area contributed by atoms with Gasteiger partial charge in [-0.1, -0.05) is 182 Å². The van der Waals surface area contributed by atoms with Crippen LogP contribution in [0, 0.1) is 18.8 Å². The Labute approximate surface area is 433 Å². The monoisotopic (exact) mass is 1020 g/mol. The maximum absolute atomic E-state index is 6.84. The van der Waals surface area contributed by atoms with Crippen LogP contribution < -0.4 is 14.5 Å². The predicted molar refractivity (Wildman–Crippen MR) is 291 cm³/mol. The third-order valence-corrected chi connectivity index (χ3v) is 13.6. The van der Waals surface area contributed by atoms with Gasteiger partial charge in [0, 0.05) is 88.5 Å². The maximum Gasteiger partial charge on any atom is 0.135 e. The minimum absolute atomic E-state index is 0. The molecule has 1 aliphatic rings. The molecule has 350 valence electrons. The van der Waals surface area contributed by atoms with E-state index in [9.17, 15) is 0 Å². The zero-order chi connectivity index (χ0) is 47.4. The van der Waals surface area contributed by atoms with Crippen molar-refractivity contribution in [2.24, 2.45) is 0 Å². The molecule has 0 atom stereocenters. The van der Waals surface area contributed by atoms with Crippen molar-refractivity contribution < 1.29 is 25.2 Å². The smallest absolute Gasteiger partial charge is 0.135 e. The van der Waals surface area contributed by atoms with Gasteiger partial charge in [-0.3, -0.25) is 0 Å². The van der Waals surface area contributed by atoms with E-state index in [1.165, 1.54) is 5.56 Å². The van der Waals surface area contributed by atoms with Crippen LogP contribution in [0.4, 0.5) is 22.7 Å². The van der Waals surface area contributed by atoms with E-state index in [4.69, 9.17) is 9.72 Å². The van der Waals surface area contributed by atoms with E-state index >= 15 is 0 Å². The third-order valence-electron chi connectivity index (χ3n) is 13.6. The number of nitrogens with zero attached hydrogens (tertiary/aromatic N) is 5. The number of rotatable bonds is 10. The Bertz CT molecular complexity index is 3870. The first-order chi connectivity index (χ1) is 35.1. The summed E-state index contributed by atoms with van der Waals surface area (Å²) in [6.45, 7) is 6.68. The molecule has 0 N–H and O–H groups in total. The standard InChI is InChI=1S/C65H46N5O.Pd/c1-44(2)56-41-62(66-42-57(56)47-25-11-5-12-26-47)70-61-40-51(37-38-55(61)64-65(70)54-31-15-16-34-58(54)69(64)48-27-13-6-14-28-48)71-50-30-19-29-49(39-50)67-43-68(60-36-18-17-35-59(60)67)63-52(45-21-7-3-8-22-45)32-20-33-53(63)46-23-9-4-10-24-46;/h3-38,41-44H,1-2H3;/q-3;. The summed E-state index contributed by atoms with van der Waals surface area (Å²) in [7, 11) is 0. The van der Waals surface area contributed by atoms with Crippen molar-refractivity contribution in [2.45, 2.75) is 19.8 Å². The number of para-hydroxylation sites is 5. The number of fused-ring (bicyclic) bond motifs is 6. The number of pyridine rings is 1. The molecule has 6 nitrogen and oxygen atoms in total. The predicted octanol–water partition coefficient (Wildman–Crippen LogP) is 17.0. The van der Waals surface area contributed by atoms with E-state index in [0.29, 0.717) is 11.5 Å². The molecule has 0 radical (unpaired) electrons. The third kappa shape index (κ3) is 7.66. The van der Waals surface area contributed by atoms with Crippen molar-refractivity contribution >= 4 is 55.6 Å². The van der Waals surface area contributed by atoms with Crippen molar-refractivity contribution in [1.82, 2.24) is 14.1 Å². The minimum atomic E-state index is 0. The molecule has 13 rings (SSSR count). The number of benzene rings is 9. The van der Waals surface area contributed by atoms with Crippen LogP contribution in [0.5, 0.6) is 11.5 Å². The summed E-state index contributed by atoms with van der Waals surface area (Å²) in [6.07, 6.45) is 2.03. The van der Waals surface area contributed by atoms with E-state index < -0.39 is 0 Å². The van der Waals surface area contributed by atoms with Crippen molar-refractivity contribution in [3.05, 3.63) is 255 Å². The second kappa shape index (κ2) is 18.7. The van der Waals surface area contributed by atoms with E-state index in [2.05, 4.69) is 258 Å². The van der Waals surface area contributed by atoms with Crippen LogP contribution in [0.1, 0.15) is 25.3 Å². The van der Waals surface area contributed by atoms with Crippen LogP contribution in [-0.4, -0.2) is 14.1 Å². The summed E-state index contributed by atoms with van der Waals surface area (Å²) in [5.41, 5.74) is 17.3. The summed E-state index contributed by atoms with van der Waals surface area (Å²) < 4.78 is 11.5. The summed E-state index contributed by atoms with van der Waals surface area (Å²) in [5.74, 6) is 2.22. The van der Waals surface area contributed by atoms with Crippen LogP contribution in [0.25, 0.3) is 77.7 Å². The Balaban J connectivity index is 0.00000530. The molecule has 0 unspecified atom stereocenters. The van der Waals surface area contributed by atoms with E-state index in [1.807, 2.05) is 24.4 Å². The first kappa shape index (κ1) is 44.7. The Hall–Kier alpha value is -8.47. The van der Waals surface area contributed by atoms with Crippen molar-refractivity contribution in [3.63, 3.8) is 0 Å². The normalized spacial score (nSPS) is 12.2. The maximum atomic E-state index is 6.84. The first-order valence-electron chi connectivity index (χ1n) is 24.1. The zero-order valence-electron chi connectivity index (χ0n) is 39.6. The van der Waals surface area contributed by atoms with Gasteiger partial charge in [0.2, 0.25) is 0 Å². The van der Waals surface area contributed by atoms with Crippen LogP contribution >= 0.6 is 0 Å². The summed E-state index contributed by atoms with van der Waals surface area (Å²) in [5, 5.41) is 2.16. The second-order valence-electron chi connectivity index (χ2n) is 18.2. The number of hydrogen-bond donors (Lipinski definition) is 0. The van der Waals surface area contributed by atoms with Gasteiger partial charge in [-0.2, -0.15) is 12.1 Å². The van der Waals surface area contributed by atoms with Gasteiger partial charge < -0.3 is 23.7 Å². The first-order valence-corrected chi connectivity index (χ1v) is 24.1. The fourth-order valence-corrected chi connectivity index (χ4v) is 10.4. The Morgan fingerprint density at radius 1 is 0.486 bits per heavy atom. The minimum Gasteiger partial charge on any atom is -0.509 e. The van der Waals surface area contributed by atoms with Crippen LogP contribution in [0.15, 0.2) is 231 Å². The summed E-state index contributed by atoms with van der Waals surface area (Å²) in [6, 6.07) is 86.1. The number of hydrogen-bond acceptors (Lipinski definition) is 4. The van der Waals surface area contributed by atoms with Gasteiger partial charge in [-0.15, -0.1) is 42.7 Å². The van der Waals surface area contributed by atoms with E-state index in [0.717, 1.165) is 100 Å². The largest absolute Gasteiger partial charge is 0.509 e. The van der Waals surface area contributed by atoms with Gasteiger partial charge >= 0.3 is 0 Å². The average Bonchev–Trinajstić information content (AvgIpc) is 4.09. The van der Waals surface area contributed by atoms with Gasteiger partial charge in [0.15, 0.2) is 0 Å². The van der Waals surface area contributed by atoms with E-state index in [-0.39, 0.29) is 26.3 Å². The topological polar surface area (TPSA) is 38.5 Å². The molecule has 0 saturated carbocycles. The Morgan fingerprint density at radius 2 is 1.04 bits per heavy atom. The van der Waals surface area contributed by atoms with Gasteiger partial charge in [-0.05, 0) is 64.6 Å².